The molecule has 0 aliphatic heterocycles. The molecule has 0 atom stereocenters. The quantitative estimate of drug-likeness (QED) is 0.863. The lowest BCUT2D eigenvalue weighted by Crippen LogP contribution is -2.12. The van der Waals surface area contributed by atoms with E-state index in [0.29, 0.717) is 16.5 Å². The van der Waals surface area contributed by atoms with Gasteiger partial charge >= 0.3 is 0 Å². The van der Waals surface area contributed by atoms with Gasteiger partial charge in [-0.15, -0.1) is 11.8 Å². The van der Waals surface area contributed by atoms with Gasteiger partial charge in [-0.05, 0) is 18.2 Å². The number of halogens is 2. The fourth-order valence-corrected chi connectivity index (χ4v) is 2.39. The van der Waals surface area contributed by atoms with Crippen molar-refractivity contribution in [2.45, 2.75) is 11.3 Å². The highest BCUT2D eigenvalue weighted by Crippen LogP contribution is 2.21. The number of hydrogen-bond acceptors (Lipinski definition) is 3. The van der Waals surface area contributed by atoms with Crippen molar-refractivity contribution in [2.24, 2.45) is 7.05 Å². The minimum Gasteiger partial charge on any atom is -0.309 e. The average Bonchev–Trinajstić information content (AvgIpc) is 2.79. The van der Waals surface area contributed by atoms with Crippen LogP contribution in [0.25, 0.3) is 0 Å². The summed E-state index contributed by atoms with van der Waals surface area (Å²) in [7, 11) is 1.76. The predicted octanol–water partition coefficient (Wildman–Crippen LogP) is 2.82. The molecule has 0 radical (unpaired) electrons. The summed E-state index contributed by atoms with van der Waals surface area (Å²) in [6.45, 7) is 0. The zero-order chi connectivity index (χ0) is 14.5. The van der Waals surface area contributed by atoms with Gasteiger partial charge in [-0.2, -0.15) is 5.10 Å². The van der Waals surface area contributed by atoms with Crippen molar-refractivity contribution < 1.29 is 13.6 Å². The first-order valence-electron chi connectivity index (χ1n) is 5.92. The Hall–Kier alpha value is -1.89. The summed E-state index contributed by atoms with van der Waals surface area (Å²) < 4.78 is 27.3. The number of amides is 1. The lowest BCUT2D eigenvalue weighted by atomic mass is 10.3. The van der Waals surface area contributed by atoms with Crippen molar-refractivity contribution in [3.63, 3.8) is 0 Å². The number of aromatic nitrogens is 2. The van der Waals surface area contributed by atoms with Crippen molar-refractivity contribution in [2.75, 3.05) is 11.1 Å². The number of anilines is 1. The van der Waals surface area contributed by atoms with Gasteiger partial charge in [0.1, 0.15) is 0 Å². The highest BCUT2D eigenvalue weighted by molar-refractivity contribution is 7.99. The number of nitrogens with zero attached hydrogens (tertiary/aromatic N) is 2. The average molecular weight is 297 g/mol. The number of nitrogens with one attached hydrogen (secondary N) is 1. The molecule has 0 aliphatic rings. The minimum absolute atomic E-state index is 0.168. The fraction of sp³-hybridized carbons (Fsp3) is 0.231. The molecule has 1 heterocycles. The summed E-state index contributed by atoms with van der Waals surface area (Å²) in [6, 6.07) is 5.38. The van der Waals surface area contributed by atoms with Crippen LogP contribution in [0.3, 0.4) is 0 Å². The second-order valence-corrected chi connectivity index (χ2v) is 5.27. The molecule has 1 N–H and O–H groups in total. The first kappa shape index (κ1) is 14.5. The molecule has 0 fully saturated rings. The Kier molecular flexibility index (Phi) is 4.73. The van der Waals surface area contributed by atoms with E-state index in [1.54, 1.807) is 24.0 Å². The maximum Gasteiger partial charge on any atom is 0.226 e. The van der Waals surface area contributed by atoms with E-state index in [9.17, 15) is 13.6 Å². The van der Waals surface area contributed by atoms with Gasteiger partial charge in [0.05, 0.1) is 0 Å². The number of hydrogen-bond donors (Lipinski definition) is 1. The minimum atomic E-state index is -0.882. The lowest BCUT2D eigenvalue weighted by molar-refractivity contribution is -0.115. The van der Waals surface area contributed by atoms with Gasteiger partial charge in [0, 0.05) is 36.4 Å². The van der Waals surface area contributed by atoms with E-state index in [-0.39, 0.29) is 12.3 Å². The summed E-state index contributed by atoms with van der Waals surface area (Å²) in [4.78, 5) is 12.2. The van der Waals surface area contributed by atoms with E-state index in [1.807, 2.05) is 0 Å². The summed E-state index contributed by atoms with van der Waals surface area (Å²) in [5, 5.41) is 6.68. The molecule has 1 aromatic heterocycles. The Labute approximate surface area is 119 Å². The largest absolute Gasteiger partial charge is 0.309 e. The molecule has 1 aromatic carbocycles. The number of aryl methyl sites for hydroxylation is 1. The van der Waals surface area contributed by atoms with Crippen molar-refractivity contribution >= 4 is 23.5 Å². The zero-order valence-electron chi connectivity index (χ0n) is 10.8. The van der Waals surface area contributed by atoms with E-state index in [2.05, 4.69) is 10.4 Å². The molecule has 2 aromatic rings. The maximum absolute atomic E-state index is 13.0. The van der Waals surface area contributed by atoms with Gasteiger partial charge in [-0.1, -0.05) is 0 Å². The Morgan fingerprint density at radius 2 is 2.15 bits per heavy atom. The Balaban J connectivity index is 1.77. The van der Waals surface area contributed by atoms with Crippen molar-refractivity contribution in [1.29, 1.82) is 0 Å². The Bertz CT molecular complexity index is 615. The Morgan fingerprint density at radius 3 is 2.80 bits per heavy atom. The molecule has 0 bridgehead atoms. The molecule has 20 heavy (non-hydrogen) atoms. The van der Waals surface area contributed by atoms with Gasteiger partial charge in [-0.25, -0.2) is 8.78 Å². The SMILES string of the molecule is Cn1ccc(NC(=O)CCSc2ccc(F)c(F)c2)n1. The van der Waals surface area contributed by atoms with E-state index >= 15 is 0 Å². The molecule has 2 rings (SSSR count). The first-order valence-corrected chi connectivity index (χ1v) is 6.90. The number of benzene rings is 1. The van der Waals surface area contributed by atoms with Crippen LogP contribution in [0.2, 0.25) is 0 Å². The van der Waals surface area contributed by atoms with Crippen LogP contribution < -0.4 is 5.32 Å². The van der Waals surface area contributed by atoms with Crippen molar-refractivity contribution in [3.05, 3.63) is 42.1 Å². The standard InChI is InChI=1S/C13H13F2N3OS/c1-18-6-4-12(17-18)16-13(19)5-7-20-9-2-3-10(14)11(15)8-9/h2-4,6,8H,5,7H2,1H3,(H,16,17,19). The molecule has 4 nitrogen and oxygen atoms in total. The summed E-state index contributed by atoms with van der Waals surface area (Å²) in [6.07, 6.45) is 1.99. The Morgan fingerprint density at radius 1 is 1.35 bits per heavy atom. The molecule has 106 valence electrons. The van der Waals surface area contributed by atoms with Gasteiger partial charge in [0.15, 0.2) is 17.5 Å². The predicted molar refractivity (Wildman–Crippen MR) is 73.5 cm³/mol. The van der Waals surface area contributed by atoms with Gasteiger partial charge in [0.25, 0.3) is 0 Å². The van der Waals surface area contributed by atoms with Gasteiger partial charge in [0.2, 0.25) is 5.91 Å². The smallest absolute Gasteiger partial charge is 0.226 e. The van der Waals surface area contributed by atoms with E-state index < -0.39 is 11.6 Å². The number of carbonyl (C=O) groups is 1. The molecule has 0 spiro atoms. The van der Waals surface area contributed by atoms with E-state index in [0.717, 1.165) is 12.1 Å². The third kappa shape index (κ3) is 4.06. The topological polar surface area (TPSA) is 46.9 Å². The molecular formula is C13H13F2N3OS. The highest BCUT2D eigenvalue weighted by atomic mass is 32.2. The maximum atomic E-state index is 13.0. The van der Waals surface area contributed by atoms with Crippen molar-refractivity contribution in [1.82, 2.24) is 9.78 Å². The number of rotatable bonds is 5. The van der Waals surface area contributed by atoms with Crippen LogP contribution in [-0.4, -0.2) is 21.4 Å². The molecule has 0 saturated carbocycles. The van der Waals surface area contributed by atoms with Crippen LogP contribution in [0.5, 0.6) is 0 Å². The van der Waals surface area contributed by atoms with Gasteiger partial charge in [-0.3, -0.25) is 9.48 Å². The van der Waals surface area contributed by atoms with E-state index in [4.69, 9.17) is 0 Å². The van der Waals surface area contributed by atoms with Crippen LogP contribution in [0.4, 0.5) is 14.6 Å². The van der Waals surface area contributed by atoms with Crippen molar-refractivity contribution in [3.8, 4) is 0 Å². The van der Waals surface area contributed by atoms with Crippen LogP contribution in [0.15, 0.2) is 35.4 Å². The third-order valence-corrected chi connectivity index (χ3v) is 3.47. The lowest BCUT2D eigenvalue weighted by Gasteiger charge is -2.03. The molecule has 0 saturated heterocycles. The second kappa shape index (κ2) is 6.51. The summed E-state index contributed by atoms with van der Waals surface area (Å²) >= 11 is 1.29. The molecular weight excluding hydrogens is 284 g/mol. The number of carbonyl (C=O) groups excluding carboxylic acids is 1. The van der Waals surface area contributed by atoms with Gasteiger partial charge < -0.3 is 5.32 Å². The first-order chi connectivity index (χ1) is 9.54. The van der Waals surface area contributed by atoms with Crippen LogP contribution in [0, 0.1) is 11.6 Å². The number of thioether (sulfide) groups is 1. The molecule has 0 aliphatic carbocycles. The monoisotopic (exact) mass is 297 g/mol. The zero-order valence-corrected chi connectivity index (χ0v) is 11.6. The highest BCUT2D eigenvalue weighted by Gasteiger charge is 2.06. The summed E-state index contributed by atoms with van der Waals surface area (Å²) in [5.41, 5.74) is 0. The molecule has 0 unspecified atom stereocenters. The van der Waals surface area contributed by atoms with Crippen LogP contribution in [-0.2, 0) is 11.8 Å². The van der Waals surface area contributed by atoms with E-state index in [1.165, 1.54) is 17.8 Å². The normalized spacial score (nSPS) is 10.6. The fourth-order valence-electron chi connectivity index (χ4n) is 1.52. The molecule has 7 heteroatoms. The molecule has 1 amide bonds. The summed E-state index contributed by atoms with van der Waals surface area (Å²) in [5.74, 6) is -0.951. The van der Waals surface area contributed by atoms with Crippen LogP contribution >= 0.6 is 11.8 Å². The second-order valence-electron chi connectivity index (χ2n) is 4.10. The third-order valence-electron chi connectivity index (χ3n) is 2.47. The van der Waals surface area contributed by atoms with Crippen LogP contribution in [0.1, 0.15) is 6.42 Å².